The molecule has 1 aromatic carbocycles. The van der Waals surface area contributed by atoms with Gasteiger partial charge in [0.25, 0.3) is 5.91 Å². The van der Waals surface area contributed by atoms with Crippen LogP contribution in [-0.2, 0) is 0 Å². The van der Waals surface area contributed by atoms with Crippen LogP contribution < -0.4 is 5.73 Å². The number of aromatic nitrogens is 4. The molecular formula is C17H11N5OS. The molecule has 0 bridgehead atoms. The fourth-order valence-corrected chi connectivity index (χ4v) is 3.32. The number of hydrogen-bond donors (Lipinski definition) is 1. The maximum absolute atomic E-state index is 11.4. The highest BCUT2D eigenvalue weighted by atomic mass is 32.1. The van der Waals surface area contributed by atoms with Crippen molar-refractivity contribution in [2.24, 2.45) is 5.73 Å². The number of nitrogens with zero attached hydrogens (tertiary/aromatic N) is 4. The molecule has 3 aromatic heterocycles. The van der Waals surface area contributed by atoms with Crippen molar-refractivity contribution in [3.8, 4) is 22.0 Å². The highest BCUT2D eigenvalue weighted by Crippen LogP contribution is 2.34. The van der Waals surface area contributed by atoms with Crippen LogP contribution in [0.15, 0.2) is 54.9 Å². The Labute approximate surface area is 141 Å². The second kappa shape index (κ2) is 5.78. The first-order valence-corrected chi connectivity index (χ1v) is 7.98. The van der Waals surface area contributed by atoms with Gasteiger partial charge in [0.05, 0.1) is 0 Å². The number of amides is 1. The van der Waals surface area contributed by atoms with Gasteiger partial charge in [-0.3, -0.25) is 4.79 Å². The van der Waals surface area contributed by atoms with Crippen LogP contribution in [0.25, 0.3) is 32.3 Å². The number of carbonyl (C=O) groups excluding carboxylic acids is 1. The van der Waals surface area contributed by atoms with Crippen molar-refractivity contribution in [2.75, 3.05) is 0 Å². The van der Waals surface area contributed by atoms with Gasteiger partial charge in [0.15, 0.2) is 5.82 Å². The predicted octanol–water partition coefficient (Wildman–Crippen LogP) is 2.91. The van der Waals surface area contributed by atoms with Crippen LogP contribution in [0.1, 0.15) is 10.5 Å². The lowest BCUT2D eigenvalue weighted by atomic mass is 10.1. The smallest absolute Gasteiger partial charge is 0.267 e. The molecule has 0 fully saturated rings. The van der Waals surface area contributed by atoms with Gasteiger partial charge in [0, 0.05) is 23.5 Å². The Hall–Kier alpha value is -3.19. The van der Waals surface area contributed by atoms with Crippen LogP contribution in [-0.4, -0.2) is 25.8 Å². The van der Waals surface area contributed by atoms with Gasteiger partial charge in [-0.05, 0) is 18.2 Å². The SMILES string of the molecule is NC(=O)c1ccnc(-c2ccccc2-c2nc3cccnc3s2)n1. The van der Waals surface area contributed by atoms with Crippen molar-refractivity contribution < 1.29 is 4.79 Å². The highest BCUT2D eigenvalue weighted by Gasteiger charge is 2.15. The van der Waals surface area contributed by atoms with Crippen LogP contribution in [0.4, 0.5) is 0 Å². The average molecular weight is 333 g/mol. The van der Waals surface area contributed by atoms with Crippen molar-refractivity contribution >= 4 is 27.6 Å². The zero-order valence-electron chi connectivity index (χ0n) is 12.4. The third kappa shape index (κ3) is 2.50. The molecule has 24 heavy (non-hydrogen) atoms. The van der Waals surface area contributed by atoms with Gasteiger partial charge in [-0.25, -0.2) is 19.9 Å². The van der Waals surface area contributed by atoms with Crippen molar-refractivity contribution in [1.29, 1.82) is 0 Å². The molecule has 1 amide bonds. The largest absolute Gasteiger partial charge is 0.364 e. The lowest BCUT2D eigenvalue weighted by Gasteiger charge is -2.06. The van der Waals surface area contributed by atoms with E-state index in [1.54, 1.807) is 6.20 Å². The van der Waals surface area contributed by atoms with E-state index >= 15 is 0 Å². The van der Waals surface area contributed by atoms with Gasteiger partial charge >= 0.3 is 0 Å². The van der Waals surface area contributed by atoms with Crippen LogP contribution in [0, 0.1) is 0 Å². The number of carbonyl (C=O) groups is 1. The molecule has 0 unspecified atom stereocenters. The number of fused-ring (bicyclic) bond motifs is 1. The summed E-state index contributed by atoms with van der Waals surface area (Å²) in [5, 5.41) is 0.826. The van der Waals surface area contributed by atoms with Crippen LogP contribution in [0.5, 0.6) is 0 Å². The van der Waals surface area contributed by atoms with E-state index in [0.29, 0.717) is 5.82 Å². The summed E-state index contributed by atoms with van der Waals surface area (Å²) in [6, 6.07) is 13.0. The summed E-state index contributed by atoms with van der Waals surface area (Å²) in [6.07, 6.45) is 3.27. The van der Waals surface area contributed by atoms with Gasteiger partial charge in [-0.2, -0.15) is 0 Å². The Morgan fingerprint density at radius 1 is 0.917 bits per heavy atom. The molecule has 0 atom stereocenters. The van der Waals surface area contributed by atoms with Crippen LogP contribution in [0.2, 0.25) is 0 Å². The molecule has 0 spiro atoms. The minimum atomic E-state index is -0.583. The number of primary amides is 1. The zero-order valence-corrected chi connectivity index (χ0v) is 13.2. The molecule has 6 nitrogen and oxygen atoms in total. The number of benzene rings is 1. The van der Waals surface area contributed by atoms with E-state index in [0.717, 1.165) is 26.5 Å². The van der Waals surface area contributed by atoms with E-state index in [4.69, 9.17) is 5.73 Å². The quantitative estimate of drug-likeness (QED) is 0.622. The minimum Gasteiger partial charge on any atom is -0.364 e. The van der Waals surface area contributed by atoms with Gasteiger partial charge in [0.1, 0.15) is 21.0 Å². The van der Waals surface area contributed by atoms with E-state index in [-0.39, 0.29) is 5.69 Å². The predicted molar refractivity (Wildman–Crippen MR) is 92.4 cm³/mol. The number of thiazole rings is 1. The molecule has 4 rings (SSSR count). The third-order valence-corrected chi connectivity index (χ3v) is 4.49. The zero-order chi connectivity index (χ0) is 16.5. The summed E-state index contributed by atoms with van der Waals surface area (Å²) in [4.78, 5) is 29.7. The van der Waals surface area contributed by atoms with Gasteiger partial charge in [-0.15, -0.1) is 0 Å². The van der Waals surface area contributed by atoms with Crippen molar-refractivity contribution in [1.82, 2.24) is 19.9 Å². The normalized spacial score (nSPS) is 10.8. The molecule has 116 valence electrons. The molecule has 7 heteroatoms. The topological polar surface area (TPSA) is 94.7 Å². The molecular weight excluding hydrogens is 322 g/mol. The van der Waals surface area contributed by atoms with Crippen molar-refractivity contribution in [3.63, 3.8) is 0 Å². The first-order valence-electron chi connectivity index (χ1n) is 7.16. The first-order chi connectivity index (χ1) is 11.7. The Morgan fingerprint density at radius 2 is 1.75 bits per heavy atom. The molecule has 0 aliphatic carbocycles. The average Bonchev–Trinajstić information content (AvgIpc) is 3.06. The lowest BCUT2D eigenvalue weighted by Crippen LogP contribution is -2.13. The molecule has 0 saturated carbocycles. The molecule has 0 saturated heterocycles. The molecule has 0 aliphatic rings. The monoisotopic (exact) mass is 333 g/mol. The van der Waals surface area contributed by atoms with E-state index in [9.17, 15) is 4.79 Å². The Morgan fingerprint density at radius 3 is 2.54 bits per heavy atom. The molecule has 0 radical (unpaired) electrons. The summed E-state index contributed by atoms with van der Waals surface area (Å²) < 4.78 is 0. The lowest BCUT2D eigenvalue weighted by molar-refractivity contribution is 0.0995. The fraction of sp³-hybridized carbons (Fsp3) is 0. The summed E-state index contributed by atoms with van der Waals surface area (Å²) in [5.41, 5.74) is 8.02. The first kappa shape index (κ1) is 14.4. The summed E-state index contributed by atoms with van der Waals surface area (Å²) in [5.74, 6) is -0.144. The Kier molecular flexibility index (Phi) is 3.47. The minimum absolute atomic E-state index is 0.181. The number of rotatable bonds is 3. The van der Waals surface area contributed by atoms with Crippen LogP contribution >= 0.6 is 11.3 Å². The number of hydrogen-bond acceptors (Lipinski definition) is 6. The number of pyridine rings is 1. The maximum Gasteiger partial charge on any atom is 0.267 e. The molecule has 0 aliphatic heterocycles. The summed E-state index contributed by atoms with van der Waals surface area (Å²) in [7, 11) is 0. The Bertz CT molecular complexity index is 1030. The summed E-state index contributed by atoms with van der Waals surface area (Å²) in [6.45, 7) is 0. The second-order valence-corrected chi connectivity index (χ2v) is 6.00. The Balaban J connectivity index is 1.89. The van der Waals surface area contributed by atoms with E-state index in [2.05, 4.69) is 19.9 Å². The van der Waals surface area contributed by atoms with E-state index < -0.39 is 5.91 Å². The number of nitrogens with two attached hydrogens (primary N) is 1. The molecule has 4 aromatic rings. The highest BCUT2D eigenvalue weighted by molar-refractivity contribution is 7.21. The van der Waals surface area contributed by atoms with E-state index in [1.165, 1.54) is 23.6 Å². The maximum atomic E-state index is 11.4. The van der Waals surface area contributed by atoms with Crippen molar-refractivity contribution in [3.05, 3.63) is 60.6 Å². The van der Waals surface area contributed by atoms with Gasteiger partial charge < -0.3 is 5.73 Å². The van der Waals surface area contributed by atoms with Crippen molar-refractivity contribution in [2.45, 2.75) is 0 Å². The van der Waals surface area contributed by atoms with E-state index in [1.807, 2.05) is 36.4 Å². The summed E-state index contributed by atoms with van der Waals surface area (Å²) >= 11 is 1.50. The van der Waals surface area contributed by atoms with Crippen LogP contribution in [0.3, 0.4) is 0 Å². The fourth-order valence-electron chi connectivity index (χ4n) is 2.38. The second-order valence-electron chi connectivity index (χ2n) is 5.02. The molecule has 2 N–H and O–H groups in total. The van der Waals surface area contributed by atoms with Gasteiger partial charge in [0.2, 0.25) is 0 Å². The van der Waals surface area contributed by atoms with Gasteiger partial charge in [-0.1, -0.05) is 35.6 Å². The third-order valence-electron chi connectivity index (χ3n) is 3.47. The standard InChI is InChI=1S/C17H11N5OS/c18-14(23)12-7-9-19-15(21-12)10-4-1-2-5-11(10)16-22-13-6-3-8-20-17(13)24-16/h1-9H,(H2,18,23). The molecule has 3 heterocycles.